The molecule has 2 aliphatic heterocycles. The number of alkyl halides is 1. The monoisotopic (exact) mass is 195 g/mol. The van der Waals surface area contributed by atoms with E-state index >= 15 is 0 Å². The zero-order valence-electron chi connectivity index (χ0n) is 7.91. The smallest absolute Gasteiger partial charge is 0.113 e. The van der Waals surface area contributed by atoms with Gasteiger partial charge in [0.1, 0.15) is 6.17 Å². The maximum absolute atomic E-state index is 13.1. The van der Waals surface area contributed by atoms with Crippen molar-refractivity contribution in [2.75, 3.05) is 13.1 Å². The summed E-state index contributed by atoms with van der Waals surface area (Å²) in [6.45, 7) is 1.32. The van der Waals surface area contributed by atoms with Gasteiger partial charge < -0.3 is 5.32 Å². The highest BCUT2D eigenvalue weighted by Crippen LogP contribution is 2.20. The lowest BCUT2D eigenvalue weighted by Gasteiger charge is -2.25. The summed E-state index contributed by atoms with van der Waals surface area (Å²) >= 11 is 0. The molecule has 0 bridgehead atoms. The third kappa shape index (κ3) is 2.20. The van der Waals surface area contributed by atoms with Crippen LogP contribution < -0.4 is 10.7 Å². The molecule has 0 amide bonds. The second-order valence-electron chi connectivity index (χ2n) is 3.60. The number of hydrogen-bond acceptors (Lipinski definition) is 3. The van der Waals surface area contributed by atoms with E-state index in [1.807, 2.05) is 12.2 Å². The van der Waals surface area contributed by atoms with Gasteiger partial charge in [0.25, 0.3) is 0 Å². The highest BCUT2D eigenvalue weighted by atomic mass is 19.1. The normalized spacial score (nSPS) is 31.9. The first-order valence-corrected chi connectivity index (χ1v) is 4.86. The molecule has 0 aromatic carbocycles. The Labute approximate surface area is 82.8 Å². The van der Waals surface area contributed by atoms with Gasteiger partial charge in [-0.1, -0.05) is 6.08 Å². The van der Waals surface area contributed by atoms with Crippen LogP contribution in [0.4, 0.5) is 4.39 Å². The van der Waals surface area contributed by atoms with Crippen LogP contribution >= 0.6 is 0 Å². The minimum Gasteiger partial charge on any atom is -0.313 e. The predicted octanol–water partition coefficient (Wildman–Crippen LogP) is 0.963. The number of hydrazone groups is 1. The van der Waals surface area contributed by atoms with E-state index in [1.165, 1.54) is 0 Å². The average Bonchev–Trinajstić information content (AvgIpc) is 2.45. The van der Waals surface area contributed by atoms with E-state index in [0.29, 0.717) is 13.0 Å². The number of piperidine rings is 1. The first-order chi connectivity index (χ1) is 6.86. The minimum absolute atomic E-state index is 0.243. The molecule has 2 aliphatic rings. The quantitative estimate of drug-likeness (QED) is 0.654. The van der Waals surface area contributed by atoms with Gasteiger partial charge in [-0.25, -0.2) is 4.39 Å². The second kappa shape index (κ2) is 4.37. The van der Waals surface area contributed by atoms with Crippen molar-refractivity contribution in [2.45, 2.75) is 12.6 Å². The molecule has 0 aromatic heterocycles. The van der Waals surface area contributed by atoms with Crippen molar-refractivity contribution in [3.63, 3.8) is 0 Å². The summed E-state index contributed by atoms with van der Waals surface area (Å²) in [5.74, 6) is 0.243. The summed E-state index contributed by atoms with van der Waals surface area (Å²) in [4.78, 5) is 0. The van der Waals surface area contributed by atoms with Crippen molar-refractivity contribution in [1.29, 1.82) is 0 Å². The number of halogens is 1. The number of nitrogens with zero attached hydrogens (tertiary/aromatic N) is 1. The highest BCUT2D eigenvalue weighted by molar-refractivity contribution is 5.80. The minimum atomic E-state index is -0.733. The lowest BCUT2D eigenvalue weighted by atomic mass is 9.91. The van der Waals surface area contributed by atoms with Crippen LogP contribution in [-0.4, -0.2) is 25.5 Å². The van der Waals surface area contributed by atoms with E-state index < -0.39 is 6.17 Å². The van der Waals surface area contributed by atoms with E-state index in [2.05, 4.69) is 15.8 Å². The van der Waals surface area contributed by atoms with Gasteiger partial charge in [0.15, 0.2) is 0 Å². The van der Waals surface area contributed by atoms with Crippen LogP contribution in [0.2, 0.25) is 0 Å². The zero-order valence-corrected chi connectivity index (χ0v) is 7.91. The Morgan fingerprint density at radius 3 is 3.21 bits per heavy atom. The van der Waals surface area contributed by atoms with Gasteiger partial charge in [-0.3, -0.25) is 5.43 Å². The Balaban J connectivity index is 2.05. The van der Waals surface area contributed by atoms with Gasteiger partial charge in [0.2, 0.25) is 0 Å². The summed E-state index contributed by atoms with van der Waals surface area (Å²) in [5, 5.41) is 7.05. The topological polar surface area (TPSA) is 36.4 Å². The van der Waals surface area contributed by atoms with Crippen molar-refractivity contribution < 1.29 is 4.39 Å². The van der Waals surface area contributed by atoms with Gasteiger partial charge >= 0.3 is 0 Å². The van der Waals surface area contributed by atoms with Crippen molar-refractivity contribution in [1.82, 2.24) is 10.7 Å². The van der Waals surface area contributed by atoms with E-state index in [1.54, 1.807) is 12.4 Å². The average molecular weight is 195 g/mol. The van der Waals surface area contributed by atoms with Crippen LogP contribution in [0.25, 0.3) is 0 Å². The molecule has 2 rings (SSSR count). The maximum Gasteiger partial charge on any atom is 0.113 e. The van der Waals surface area contributed by atoms with Crippen LogP contribution in [0.1, 0.15) is 6.42 Å². The Morgan fingerprint density at radius 2 is 2.36 bits per heavy atom. The summed E-state index contributed by atoms with van der Waals surface area (Å²) in [7, 11) is 0. The molecule has 76 valence electrons. The van der Waals surface area contributed by atoms with Gasteiger partial charge in [0.05, 0.1) is 6.21 Å². The Bertz CT molecular complexity index is 283. The van der Waals surface area contributed by atoms with Gasteiger partial charge in [0, 0.05) is 25.2 Å². The summed E-state index contributed by atoms with van der Waals surface area (Å²) in [5.41, 5.74) is 3.83. The van der Waals surface area contributed by atoms with Gasteiger partial charge in [-0.15, -0.1) is 0 Å². The van der Waals surface area contributed by atoms with E-state index in [0.717, 1.165) is 12.1 Å². The van der Waals surface area contributed by atoms with Crippen molar-refractivity contribution >= 4 is 6.21 Å². The molecule has 2 heterocycles. The molecule has 1 fully saturated rings. The zero-order chi connectivity index (χ0) is 9.80. The lowest BCUT2D eigenvalue weighted by Crippen LogP contribution is -2.38. The molecule has 2 N–H and O–H groups in total. The van der Waals surface area contributed by atoms with Crippen LogP contribution in [0.3, 0.4) is 0 Å². The molecule has 0 radical (unpaired) electrons. The van der Waals surface area contributed by atoms with E-state index in [4.69, 9.17) is 0 Å². The van der Waals surface area contributed by atoms with Gasteiger partial charge in [-0.2, -0.15) is 5.10 Å². The largest absolute Gasteiger partial charge is 0.313 e. The summed E-state index contributed by atoms with van der Waals surface area (Å²) in [6, 6.07) is 0. The van der Waals surface area contributed by atoms with Crippen molar-refractivity contribution in [3.8, 4) is 0 Å². The fourth-order valence-electron chi connectivity index (χ4n) is 1.79. The fourth-order valence-corrected chi connectivity index (χ4v) is 1.79. The molecule has 0 aliphatic carbocycles. The Hall–Kier alpha value is -1.16. The predicted molar refractivity (Wildman–Crippen MR) is 54.7 cm³/mol. The Morgan fingerprint density at radius 1 is 1.43 bits per heavy atom. The number of nitrogens with one attached hydrogen (secondary N) is 2. The number of allylic oxidation sites excluding steroid dienone is 2. The lowest BCUT2D eigenvalue weighted by molar-refractivity contribution is 0.234. The molecule has 0 aromatic rings. The molecule has 2 atom stereocenters. The van der Waals surface area contributed by atoms with Gasteiger partial charge in [-0.05, 0) is 18.1 Å². The molecular formula is C10H14FN3. The molecule has 2 unspecified atom stereocenters. The second-order valence-corrected chi connectivity index (χ2v) is 3.60. The first kappa shape index (κ1) is 9.40. The standard InChI is InChI=1S/C10H14FN3/c11-10-4-9(5-12-7-10)8-2-1-3-13-14-6-8/h1-3,6,9-10,12-13H,4-5,7H2. The van der Waals surface area contributed by atoms with E-state index in [9.17, 15) is 4.39 Å². The summed E-state index contributed by atoms with van der Waals surface area (Å²) in [6.07, 6.45) is 7.26. The summed E-state index contributed by atoms with van der Waals surface area (Å²) < 4.78 is 13.1. The molecule has 3 nitrogen and oxygen atoms in total. The van der Waals surface area contributed by atoms with Crippen LogP contribution in [0.5, 0.6) is 0 Å². The highest BCUT2D eigenvalue weighted by Gasteiger charge is 2.23. The SMILES string of the molecule is FC1CNCC(C2=CC=CNN=C2)C1. The fraction of sp³-hybridized carbons (Fsp3) is 0.500. The molecule has 0 saturated carbocycles. The molecule has 14 heavy (non-hydrogen) atoms. The third-order valence-electron chi connectivity index (χ3n) is 2.52. The molecule has 0 spiro atoms. The van der Waals surface area contributed by atoms with Crippen molar-refractivity contribution in [2.24, 2.45) is 11.0 Å². The molecule has 4 heteroatoms. The van der Waals surface area contributed by atoms with Crippen LogP contribution in [0.15, 0.2) is 29.0 Å². The van der Waals surface area contributed by atoms with Crippen molar-refractivity contribution in [3.05, 3.63) is 23.9 Å². The Kier molecular flexibility index (Phi) is 2.93. The number of hydrogen-bond donors (Lipinski definition) is 2. The molecular weight excluding hydrogens is 181 g/mol. The molecule has 1 saturated heterocycles. The third-order valence-corrected chi connectivity index (χ3v) is 2.52. The van der Waals surface area contributed by atoms with Crippen LogP contribution in [-0.2, 0) is 0 Å². The van der Waals surface area contributed by atoms with E-state index in [-0.39, 0.29) is 5.92 Å². The number of rotatable bonds is 1. The van der Waals surface area contributed by atoms with Crippen LogP contribution in [0, 0.1) is 5.92 Å². The maximum atomic E-state index is 13.1. The first-order valence-electron chi connectivity index (χ1n) is 4.86.